The number of ketones is 1. The van der Waals surface area contributed by atoms with Crippen LogP contribution in [0.5, 0.6) is 0 Å². The van der Waals surface area contributed by atoms with Crippen LogP contribution in [0.2, 0.25) is 0 Å². The number of carbonyl (C=O) groups excluding carboxylic acids is 2. The minimum absolute atomic E-state index is 0.0281. The zero-order valence-electron chi connectivity index (χ0n) is 18.7. The summed E-state index contributed by atoms with van der Waals surface area (Å²) in [5, 5.41) is 0. The fraction of sp³-hybridized carbons (Fsp3) is 0.920. The first kappa shape index (κ1) is 21.4. The summed E-state index contributed by atoms with van der Waals surface area (Å²) in [6.07, 6.45) is 10.1. The first-order valence-electron chi connectivity index (χ1n) is 12.2. The fourth-order valence-electron chi connectivity index (χ4n) is 9.09. The normalized spacial score (nSPS) is 50.4. The van der Waals surface area contributed by atoms with E-state index in [1.54, 1.807) is 0 Å². The van der Waals surface area contributed by atoms with E-state index in [1.165, 1.54) is 45.6 Å². The second-order valence-corrected chi connectivity index (χ2v) is 12.2. The Kier molecular flexibility index (Phi) is 5.41. The minimum atomic E-state index is -0.253. The molecule has 0 aromatic rings. The third kappa shape index (κ3) is 2.79. The van der Waals surface area contributed by atoms with E-state index in [4.69, 9.17) is 9.47 Å². The second-order valence-electron chi connectivity index (χ2n) is 11.3. The molecule has 0 aromatic carbocycles. The van der Waals surface area contributed by atoms with E-state index in [-0.39, 0.29) is 21.6 Å². The van der Waals surface area contributed by atoms with Gasteiger partial charge >= 0.3 is 5.97 Å². The van der Waals surface area contributed by atoms with E-state index in [2.05, 4.69) is 29.8 Å². The standard InChI is InChI=1S/C25H37BrO4/c1-14(4-11-21(27)29-3)17-9-10-19-20-7-5-15-12-16-6-8-18(15)25(20,13-30-16)23(28)22(26)24(17,19)2/h14-20,22H,4-13H2,1-3H3/t14-,15-,16+,17-,18+,19+,20-,22-,24-,25+/m0/s1. The maximum Gasteiger partial charge on any atom is 0.305 e. The molecule has 5 heteroatoms. The Balaban J connectivity index is 1.47. The van der Waals surface area contributed by atoms with Gasteiger partial charge in [0.05, 0.1) is 30.1 Å². The molecule has 6 fully saturated rings. The molecule has 0 aromatic heterocycles. The Hall–Kier alpha value is -0.420. The van der Waals surface area contributed by atoms with Crippen molar-refractivity contribution >= 4 is 27.7 Å². The number of rotatable bonds is 4. The summed E-state index contributed by atoms with van der Waals surface area (Å²) < 4.78 is 11.3. The molecule has 2 heterocycles. The van der Waals surface area contributed by atoms with Crippen LogP contribution in [-0.2, 0) is 19.1 Å². The summed E-state index contributed by atoms with van der Waals surface area (Å²) in [7, 11) is 1.46. The summed E-state index contributed by atoms with van der Waals surface area (Å²) in [4.78, 5) is 25.9. The van der Waals surface area contributed by atoms with Crippen molar-refractivity contribution in [3.8, 4) is 0 Å². The number of hydrogen-bond acceptors (Lipinski definition) is 4. The summed E-state index contributed by atoms with van der Waals surface area (Å²) >= 11 is 4.00. The van der Waals surface area contributed by atoms with Gasteiger partial charge in [-0.3, -0.25) is 9.59 Å². The van der Waals surface area contributed by atoms with Crippen molar-refractivity contribution in [2.24, 2.45) is 46.3 Å². The van der Waals surface area contributed by atoms with Gasteiger partial charge in [0.15, 0.2) is 5.78 Å². The number of halogens is 1. The first-order chi connectivity index (χ1) is 14.3. The maximum absolute atomic E-state index is 14.3. The number of fused-ring (bicyclic) bond motifs is 4. The molecule has 2 saturated heterocycles. The SMILES string of the molecule is COC(=O)CC[C@H](C)[C@@H]1CC[C@@H]2[C@@H]3CC[C@H]4C[C@H]5CC[C@H]4[C@@]3(CO5)C(=O)[C@H](Br)[C@]21C. The van der Waals surface area contributed by atoms with Crippen molar-refractivity contribution in [2.75, 3.05) is 13.7 Å². The molecule has 30 heavy (non-hydrogen) atoms. The van der Waals surface area contributed by atoms with Crippen molar-refractivity contribution in [3.63, 3.8) is 0 Å². The highest BCUT2D eigenvalue weighted by Gasteiger charge is 2.71. The number of esters is 1. The molecule has 10 atom stereocenters. The Labute approximate surface area is 189 Å². The largest absolute Gasteiger partial charge is 0.469 e. The van der Waals surface area contributed by atoms with Gasteiger partial charge in [-0.25, -0.2) is 0 Å². The smallest absolute Gasteiger partial charge is 0.305 e. The Morgan fingerprint density at radius 1 is 1.17 bits per heavy atom. The Morgan fingerprint density at radius 3 is 2.67 bits per heavy atom. The third-order valence-corrected chi connectivity index (χ3v) is 11.9. The van der Waals surface area contributed by atoms with Crippen molar-refractivity contribution in [1.82, 2.24) is 0 Å². The summed E-state index contributed by atoms with van der Waals surface area (Å²) in [5.41, 5.74) is -0.281. The van der Waals surface area contributed by atoms with E-state index in [0.717, 1.165) is 12.8 Å². The van der Waals surface area contributed by atoms with Gasteiger partial charge in [-0.1, -0.05) is 29.8 Å². The van der Waals surface area contributed by atoms with Crippen LogP contribution in [0, 0.1) is 46.3 Å². The number of alkyl halides is 1. The molecular weight excluding hydrogens is 444 g/mol. The lowest BCUT2D eigenvalue weighted by atomic mass is 9.42. The topological polar surface area (TPSA) is 52.6 Å². The summed E-state index contributed by atoms with van der Waals surface area (Å²) in [6, 6.07) is 0. The minimum Gasteiger partial charge on any atom is -0.469 e. The molecule has 2 aliphatic heterocycles. The average Bonchev–Trinajstić information content (AvgIpc) is 2.94. The number of hydrogen-bond donors (Lipinski definition) is 0. The lowest BCUT2D eigenvalue weighted by Crippen LogP contribution is -2.65. The molecule has 6 rings (SSSR count). The lowest BCUT2D eigenvalue weighted by molar-refractivity contribution is -0.168. The summed E-state index contributed by atoms with van der Waals surface area (Å²) in [6.45, 7) is 5.33. The van der Waals surface area contributed by atoms with Crippen LogP contribution in [0.4, 0.5) is 0 Å². The zero-order valence-corrected chi connectivity index (χ0v) is 20.3. The lowest BCUT2D eigenvalue weighted by Gasteiger charge is -2.61. The first-order valence-corrected chi connectivity index (χ1v) is 13.1. The highest BCUT2D eigenvalue weighted by molar-refractivity contribution is 9.10. The molecule has 0 N–H and O–H groups in total. The molecule has 4 nitrogen and oxygen atoms in total. The van der Waals surface area contributed by atoms with Crippen molar-refractivity contribution in [3.05, 3.63) is 0 Å². The zero-order chi connectivity index (χ0) is 21.3. The van der Waals surface area contributed by atoms with Crippen molar-refractivity contribution < 1.29 is 19.1 Å². The van der Waals surface area contributed by atoms with Crippen LogP contribution in [0.25, 0.3) is 0 Å². The fourth-order valence-corrected chi connectivity index (χ4v) is 10.2. The van der Waals surface area contributed by atoms with Gasteiger partial charge < -0.3 is 9.47 Å². The highest BCUT2D eigenvalue weighted by Crippen LogP contribution is 2.70. The molecule has 6 aliphatic rings. The highest BCUT2D eigenvalue weighted by atomic mass is 79.9. The average molecular weight is 481 g/mol. The number of carbonyl (C=O) groups is 2. The van der Waals surface area contributed by atoms with Crippen LogP contribution < -0.4 is 0 Å². The van der Waals surface area contributed by atoms with E-state index in [9.17, 15) is 9.59 Å². The molecule has 0 radical (unpaired) electrons. The van der Waals surface area contributed by atoms with Crippen LogP contribution in [0.3, 0.4) is 0 Å². The summed E-state index contributed by atoms with van der Waals surface area (Å²) in [5.74, 6) is 3.48. The van der Waals surface area contributed by atoms with Gasteiger partial charge in [-0.2, -0.15) is 0 Å². The van der Waals surface area contributed by atoms with Gasteiger partial charge in [0.1, 0.15) is 0 Å². The van der Waals surface area contributed by atoms with Crippen LogP contribution >= 0.6 is 15.9 Å². The van der Waals surface area contributed by atoms with E-state index < -0.39 is 0 Å². The van der Waals surface area contributed by atoms with Gasteiger partial charge in [0.2, 0.25) is 0 Å². The van der Waals surface area contributed by atoms with Crippen LogP contribution in [0.15, 0.2) is 0 Å². The van der Waals surface area contributed by atoms with E-state index in [1.807, 2.05) is 0 Å². The molecule has 0 unspecified atom stereocenters. The number of Topliss-reactive ketones (excluding diaryl/α,β-unsaturated/α-hetero) is 1. The number of methoxy groups -OCH3 is 1. The third-order valence-electron chi connectivity index (χ3n) is 10.5. The molecule has 1 spiro atoms. The molecule has 4 aliphatic carbocycles. The molecule has 168 valence electrons. The van der Waals surface area contributed by atoms with Crippen LogP contribution in [-0.4, -0.2) is 36.4 Å². The van der Waals surface area contributed by atoms with Crippen molar-refractivity contribution in [1.29, 1.82) is 0 Å². The number of ether oxygens (including phenoxy) is 2. The maximum atomic E-state index is 14.3. The quantitative estimate of drug-likeness (QED) is 0.411. The Morgan fingerprint density at radius 2 is 1.90 bits per heavy atom. The van der Waals surface area contributed by atoms with Gasteiger partial charge in [-0.15, -0.1) is 0 Å². The molecule has 4 saturated carbocycles. The van der Waals surface area contributed by atoms with Crippen LogP contribution in [0.1, 0.15) is 71.6 Å². The molecule has 0 amide bonds. The second kappa shape index (κ2) is 7.57. The van der Waals surface area contributed by atoms with E-state index in [0.29, 0.717) is 60.4 Å². The van der Waals surface area contributed by atoms with Gasteiger partial charge in [0.25, 0.3) is 0 Å². The molecular formula is C25H37BrO4. The monoisotopic (exact) mass is 480 g/mol. The van der Waals surface area contributed by atoms with E-state index >= 15 is 0 Å². The van der Waals surface area contributed by atoms with Gasteiger partial charge in [0, 0.05) is 6.42 Å². The Bertz CT molecular complexity index is 724. The molecule has 4 bridgehead atoms. The predicted molar refractivity (Wildman–Crippen MR) is 118 cm³/mol. The van der Waals surface area contributed by atoms with Gasteiger partial charge in [-0.05, 0) is 92.3 Å². The predicted octanol–water partition coefficient (Wildman–Crippen LogP) is 5.17. The van der Waals surface area contributed by atoms with Crippen molar-refractivity contribution in [2.45, 2.75) is 82.6 Å².